The van der Waals surface area contributed by atoms with Gasteiger partial charge in [-0.3, -0.25) is 9.59 Å². The lowest BCUT2D eigenvalue weighted by Gasteiger charge is -2.28. The summed E-state index contributed by atoms with van der Waals surface area (Å²) in [4.78, 5) is 27.1. The average Bonchev–Trinajstić information content (AvgIpc) is 2.72. The Morgan fingerprint density at radius 1 is 1.17 bits per heavy atom. The van der Waals surface area contributed by atoms with Crippen LogP contribution in [0.3, 0.4) is 0 Å². The fourth-order valence-corrected chi connectivity index (χ4v) is 4.17. The van der Waals surface area contributed by atoms with E-state index in [0.717, 1.165) is 22.0 Å². The monoisotopic (exact) mass is 496 g/mol. The van der Waals surface area contributed by atoms with Crippen LogP contribution in [0, 0.1) is 0 Å². The Bertz CT molecular complexity index is 817. The highest BCUT2D eigenvalue weighted by atomic mass is 79.9. The van der Waals surface area contributed by atoms with Gasteiger partial charge in [-0.25, -0.2) is 0 Å². The van der Waals surface area contributed by atoms with Crippen LogP contribution in [0.5, 0.6) is 0 Å². The van der Waals surface area contributed by atoms with Gasteiger partial charge in [0.05, 0.1) is 5.75 Å². The molecule has 1 N–H and O–H groups in total. The minimum atomic E-state index is -0.543. The summed E-state index contributed by atoms with van der Waals surface area (Å²) in [6.07, 6.45) is 0.854. The van der Waals surface area contributed by atoms with Crippen molar-refractivity contribution in [2.75, 3.05) is 12.3 Å². The number of carbonyl (C=O) groups is 2. The zero-order chi connectivity index (χ0) is 21.2. The van der Waals surface area contributed by atoms with Crippen molar-refractivity contribution < 1.29 is 9.59 Å². The Morgan fingerprint density at radius 3 is 2.52 bits per heavy atom. The van der Waals surface area contributed by atoms with Gasteiger partial charge in [0.15, 0.2) is 0 Å². The number of nitrogens with one attached hydrogen (secondary N) is 1. The third kappa shape index (κ3) is 7.68. The molecule has 2 aromatic rings. The van der Waals surface area contributed by atoms with E-state index in [1.165, 1.54) is 11.8 Å². The number of hydrogen-bond acceptors (Lipinski definition) is 3. The summed E-state index contributed by atoms with van der Waals surface area (Å²) in [7, 11) is 0. The number of thioether (sulfide) groups is 1. The van der Waals surface area contributed by atoms with Crippen LogP contribution in [0.4, 0.5) is 0 Å². The minimum Gasteiger partial charge on any atom is -0.354 e. The molecule has 4 nitrogen and oxygen atoms in total. The molecule has 0 spiro atoms. The number of halogens is 2. The smallest absolute Gasteiger partial charge is 0.242 e. The molecule has 2 aromatic carbocycles. The molecule has 7 heteroatoms. The van der Waals surface area contributed by atoms with Crippen molar-refractivity contribution in [2.45, 2.75) is 38.6 Å². The Hall–Kier alpha value is -1.50. The predicted molar refractivity (Wildman–Crippen MR) is 125 cm³/mol. The number of rotatable bonds is 10. The predicted octanol–water partition coefficient (Wildman–Crippen LogP) is 5.28. The van der Waals surface area contributed by atoms with Crippen LogP contribution in [-0.2, 0) is 21.9 Å². The van der Waals surface area contributed by atoms with Crippen LogP contribution in [0.25, 0.3) is 0 Å². The third-order valence-corrected chi connectivity index (χ3v) is 6.29. The van der Waals surface area contributed by atoms with Crippen LogP contribution in [-0.4, -0.2) is 35.1 Å². The van der Waals surface area contributed by atoms with E-state index in [1.54, 1.807) is 11.8 Å². The quantitative estimate of drug-likeness (QED) is 0.486. The lowest BCUT2D eigenvalue weighted by Crippen LogP contribution is -2.48. The molecule has 0 saturated heterocycles. The van der Waals surface area contributed by atoms with Gasteiger partial charge in [0.1, 0.15) is 6.04 Å². The summed E-state index contributed by atoms with van der Waals surface area (Å²) in [6, 6.07) is 14.9. The molecule has 0 heterocycles. The number of hydrogen-bond donors (Lipinski definition) is 1. The molecule has 0 aliphatic rings. The highest BCUT2D eigenvalue weighted by Crippen LogP contribution is 2.22. The van der Waals surface area contributed by atoms with Gasteiger partial charge in [0, 0.05) is 28.3 Å². The second-order valence-corrected chi connectivity index (χ2v) is 9.01. The van der Waals surface area contributed by atoms with Gasteiger partial charge in [0.2, 0.25) is 11.8 Å². The van der Waals surface area contributed by atoms with Crippen LogP contribution in [0.1, 0.15) is 31.4 Å². The molecule has 29 heavy (non-hydrogen) atoms. The van der Waals surface area contributed by atoms with E-state index in [1.807, 2.05) is 55.5 Å². The molecule has 0 aliphatic heterocycles. The molecular weight excluding hydrogens is 472 g/mol. The minimum absolute atomic E-state index is 0.0656. The van der Waals surface area contributed by atoms with E-state index < -0.39 is 6.04 Å². The first-order valence-corrected chi connectivity index (χ1v) is 11.9. The maximum atomic E-state index is 13.0. The highest BCUT2D eigenvalue weighted by molar-refractivity contribution is 9.10. The van der Waals surface area contributed by atoms with E-state index >= 15 is 0 Å². The van der Waals surface area contributed by atoms with E-state index in [9.17, 15) is 9.59 Å². The number of nitrogens with zero attached hydrogens (tertiary/aromatic N) is 1. The molecule has 0 aliphatic carbocycles. The van der Waals surface area contributed by atoms with Crippen molar-refractivity contribution in [1.29, 1.82) is 0 Å². The second-order valence-electron chi connectivity index (χ2n) is 6.70. The number of amides is 2. The molecule has 0 saturated carbocycles. The van der Waals surface area contributed by atoms with Crippen LogP contribution in [0.15, 0.2) is 53.0 Å². The topological polar surface area (TPSA) is 49.4 Å². The summed E-state index contributed by atoms with van der Waals surface area (Å²) in [5.74, 6) is 0.735. The molecule has 0 unspecified atom stereocenters. The average molecular weight is 498 g/mol. The van der Waals surface area contributed by atoms with E-state index in [4.69, 9.17) is 11.6 Å². The summed E-state index contributed by atoms with van der Waals surface area (Å²) < 4.78 is 0.975. The zero-order valence-corrected chi connectivity index (χ0v) is 19.8. The van der Waals surface area contributed by atoms with E-state index in [0.29, 0.717) is 23.9 Å². The molecule has 1 atom stereocenters. The van der Waals surface area contributed by atoms with Crippen molar-refractivity contribution in [3.8, 4) is 0 Å². The van der Waals surface area contributed by atoms with Gasteiger partial charge >= 0.3 is 0 Å². The van der Waals surface area contributed by atoms with Gasteiger partial charge in [-0.15, -0.1) is 11.8 Å². The molecule has 156 valence electrons. The normalized spacial score (nSPS) is 11.7. The third-order valence-electron chi connectivity index (χ3n) is 4.42. The molecule has 0 bridgehead atoms. The summed E-state index contributed by atoms with van der Waals surface area (Å²) >= 11 is 11.1. The van der Waals surface area contributed by atoms with Gasteiger partial charge < -0.3 is 10.2 Å². The van der Waals surface area contributed by atoms with Crippen molar-refractivity contribution in [3.63, 3.8) is 0 Å². The highest BCUT2D eigenvalue weighted by Gasteiger charge is 2.25. The molecule has 2 rings (SSSR count). The number of benzene rings is 2. The molecule has 2 amide bonds. The van der Waals surface area contributed by atoms with Crippen molar-refractivity contribution >= 4 is 51.1 Å². The standard InChI is InChI=1S/C22H26BrClN2O2S/c1-3-12-25-22(28)16(2)26(13-17-8-10-19(23)11-9-17)21(27)15-29-14-18-6-4-5-7-20(18)24/h4-11,16H,3,12-15H2,1-2H3,(H,25,28)/t16-/m0/s1. The maximum absolute atomic E-state index is 13.0. The molecule has 0 aromatic heterocycles. The van der Waals surface area contributed by atoms with Gasteiger partial charge in [-0.1, -0.05) is 64.8 Å². The van der Waals surface area contributed by atoms with E-state index in [-0.39, 0.29) is 17.6 Å². The van der Waals surface area contributed by atoms with Crippen LogP contribution in [0.2, 0.25) is 5.02 Å². The SMILES string of the molecule is CCCNC(=O)[C@H](C)N(Cc1ccc(Br)cc1)C(=O)CSCc1ccccc1Cl. The van der Waals surface area contributed by atoms with Crippen molar-refractivity contribution in [2.24, 2.45) is 0 Å². The lowest BCUT2D eigenvalue weighted by molar-refractivity contribution is -0.138. The second kappa shape index (κ2) is 12.3. The van der Waals surface area contributed by atoms with Crippen LogP contribution >= 0.6 is 39.3 Å². The van der Waals surface area contributed by atoms with Crippen molar-refractivity contribution in [3.05, 3.63) is 69.2 Å². The Kier molecular flexibility index (Phi) is 10.0. The largest absolute Gasteiger partial charge is 0.354 e. The fourth-order valence-electron chi connectivity index (χ4n) is 2.71. The molecular formula is C22H26BrClN2O2S. The molecule has 0 fully saturated rings. The van der Waals surface area contributed by atoms with Gasteiger partial charge in [-0.05, 0) is 42.7 Å². The van der Waals surface area contributed by atoms with E-state index in [2.05, 4.69) is 21.2 Å². The Morgan fingerprint density at radius 2 is 1.86 bits per heavy atom. The summed E-state index contributed by atoms with van der Waals surface area (Å²) in [5.41, 5.74) is 1.98. The fraction of sp³-hybridized carbons (Fsp3) is 0.364. The molecule has 0 radical (unpaired) electrons. The lowest BCUT2D eigenvalue weighted by atomic mass is 10.1. The maximum Gasteiger partial charge on any atom is 0.242 e. The summed E-state index contributed by atoms with van der Waals surface area (Å²) in [6.45, 7) is 4.77. The first-order chi connectivity index (χ1) is 13.9. The van der Waals surface area contributed by atoms with Crippen molar-refractivity contribution in [1.82, 2.24) is 10.2 Å². The Labute approximate surface area is 190 Å². The number of carbonyl (C=O) groups excluding carboxylic acids is 2. The Balaban J connectivity index is 2.05. The van der Waals surface area contributed by atoms with Gasteiger partial charge in [0.25, 0.3) is 0 Å². The summed E-state index contributed by atoms with van der Waals surface area (Å²) in [5, 5.41) is 3.59. The first kappa shape index (κ1) is 23.8. The first-order valence-electron chi connectivity index (χ1n) is 9.55. The zero-order valence-electron chi connectivity index (χ0n) is 16.7. The van der Waals surface area contributed by atoms with Crippen LogP contribution < -0.4 is 5.32 Å². The van der Waals surface area contributed by atoms with Gasteiger partial charge in [-0.2, -0.15) is 0 Å².